The largest absolute Gasteiger partial charge is 0.460 e. The van der Waals surface area contributed by atoms with E-state index in [0.717, 1.165) is 17.4 Å². The van der Waals surface area contributed by atoms with Crippen LogP contribution in [0.2, 0.25) is 0 Å². The number of carbonyl (C=O) groups excluding carboxylic acids is 4. The van der Waals surface area contributed by atoms with Gasteiger partial charge >= 0.3 is 11.9 Å². The number of thiophene rings is 1. The molecule has 0 saturated heterocycles. The molecule has 3 N–H and O–H groups in total. The van der Waals surface area contributed by atoms with E-state index in [1.807, 2.05) is 0 Å². The maximum absolute atomic E-state index is 12.4. The Labute approximate surface area is 198 Å². The van der Waals surface area contributed by atoms with Crippen LogP contribution in [0.15, 0.2) is 24.3 Å². The minimum absolute atomic E-state index is 0.00252. The molecular formula is C22H22N2O9S. The number of amides is 2. The van der Waals surface area contributed by atoms with E-state index >= 15 is 0 Å². The summed E-state index contributed by atoms with van der Waals surface area (Å²) >= 11 is 0.826. The fourth-order valence-electron chi connectivity index (χ4n) is 2.90. The average Bonchev–Trinajstić information content (AvgIpc) is 3.40. The van der Waals surface area contributed by atoms with Gasteiger partial charge in [0, 0.05) is 13.2 Å². The van der Waals surface area contributed by atoms with Crippen LogP contribution in [0.1, 0.15) is 31.2 Å². The lowest BCUT2D eigenvalue weighted by molar-refractivity contribution is -0.142. The molecule has 1 aromatic carbocycles. The molecule has 0 atom stereocenters. The third-order valence-corrected chi connectivity index (χ3v) is 5.72. The Morgan fingerprint density at radius 3 is 2.65 bits per heavy atom. The summed E-state index contributed by atoms with van der Waals surface area (Å²) in [6.07, 6.45) is 2.65. The summed E-state index contributed by atoms with van der Waals surface area (Å²) < 4.78 is 25.4. The van der Waals surface area contributed by atoms with Crippen molar-refractivity contribution in [3.63, 3.8) is 0 Å². The Morgan fingerprint density at radius 1 is 1.15 bits per heavy atom. The number of nitrogens with two attached hydrogens (primary N) is 1. The van der Waals surface area contributed by atoms with Crippen molar-refractivity contribution in [1.82, 2.24) is 0 Å². The quantitative estimate of drug-likeness (QED) is 0.289. The highest BCUT2D eigenvalue weighted by atomic mass is 32.1. The van der Waals surface area contributed by atoms with Gasteiger partial charge in [0.2, 0.25) is 6.79 Å². The monoisotopic (exact) mass is 490 g/mol. The van der Waals surface area contributed by atoms with Crippen LogP contribution in [-0.2, 0) is 23.8 Å². The first kappa shape index (κ1) is 24.7. The number of esters is 2. The number of hydrogen-bond acceptors (Lipinski definition) is 10. The molecule has 1 aliphatic rings. The van der Waals surface area contributed by atoms with Crippen molar-refractivity contribution < 1.29 is 42.9 Å². The van der Waals surface area contributed by atoms with E-state index in [1.165, 1.54) is 20.1 Å². The molecule has 2 heterocycles. The second kappa shape index (κ2) is 11.3. The predicted molar refractivity (Wildman–Crippen MR) is 121 cm³/mol. The smallest absolute Gasteiger partial charge is 0.341 e. The van der Waals surface area contributed by atoms with Crippen molar-refractivity contribution in [2.45, 2.75) is 6.92 Å². The van der Waals surface area contributed by atoms with Crippen LogP contribution in [0, 0.1) is 6.92 Å². The van der Waals surface area contributed by atoms with Crippen molar-refractivity contribution >= 4 is 46.2 Å². The average molecular weight is 490 g/mol. The van der Waals surface area contributed by atoms with Crippen LogP contribution in [0.4, 0.5) is 5.00 Å². The summed E-state index contributed by atoms with van der Waals surface area (Å²) in [5.74, 6) is -1.80. The van der Waals surface area contributed by atoms with Gasteiger partial charge in [0.25, 0.3) is 11.8 Å². The third kappa shape index (κ3) is 6.11. The van der Waals surface area contributed by atoms with Gasteiger partial charge in [-0.3, -0.25) is 9.59 Å². The number of rotatable bonds is 10. The summed E-state index contributed by atoms with van der Waals surface area (Å²) in [6.45, 7) is 1.19. The first-order valence-electron chi connectivity index (χ1n) is 9.93. The Balaban J connectivity index is 1.60. The predicted octanol–water partition coefficient (Wildman–Crippen LogP) is 1.88. The Bertz CT molecular complexity index is 1140. The van der Waals surface area contributed by atoms with E-state index in [2.05, 4.69) is 5.32 Å². The molecule has 2 amide bonds. The number of primary amides is 1. The summed E-state index contributed by atoms with van der Waals surface area (Å²) in [4.78, 5) is 48.5. The maximum Gasteiger partial charge on any atom is 0.341 e. The van der Waals surface area contributed by atoms with E-state index < -0.39 is 30.4 Å². The van der Waals surface area contributed by atoms with E-state index in [4.69, 9.17) is 29.4 Å². The second-order valence-electron chi connectivity index (χ2n) is 6.86. The number of nitrogens with one attached hydrogen (secondary N) is 1. The molecule has 3 rings (SSSR count). The number of carbonyl (C=O) groups is 4. The minimum atomic E-state index is -0.757. The molecule has 1 aromatic heterocycles. The second-order valence-corrected chi connectivity index (χ2v) is 7.88. The standard InChI is InChI=1S/C22H22N2O9S/c1-12-18(22(28)30-8-7-29-2)21(34-19(12)20(23)27)24-16(25)10-31-17(26)6-4-13-3-5-14-15(9-13)33-11-32-14/h3-6,9H,7-8,10-11H2,1-2H3,(H2,23,27)(H,24,25)/b6-4+. The van der Waals surface area contributed by atoms with Gasteiger partial charge in [-0.25, -0.2) is 9.59 Å². The minimum Gasteiger partial charge on any atom is -0.460 e. The molecule has 180 valence electrons. The van der Waals surface area contributed by atoms with Gasteiger partial charge in [0.15, 0.2) is 18.1 Å². The van der Waals surface area contributed by atoms with Crippen LogP contribution in [0.3, 0.4) is 0 Å². The fourth-order valence-corrected chi connectivity index (χ4v) is 3.96. The lowest BCUT2D eigenvalue weighted by Gasteiger charge is -2.08. The van der Waals surface area contributed by atoms with E-state index in [-0.39, 0.29) is 41.0 Å². The number of hydrogen-bond donors (Lipinski definition) is 2. The van der Waals surface area contributed by atoms with E-state index in [9.17, 15) is 19.2 Å². The summed E-state index contributed by atoms with van der Waals surface area (Å²) in [7, 11) is 1.45. The fraction of sp³-hybridized carbons (Fsp3) is 0.273. The Hall–Kier alpha value is -3.90. The third-order valence-electron chi connectivity index (χ3n) is 4.50. The van der Waals surface area contributed by atoms with Crippen LogP contribution in [-0.4, -0.2) is 57.5 Å². The van der Waals surface area contributed by atoms with Gasteiger partial charge in [-0.05, 0) is 36.3 Å². The van der Waals surface area contributed by atoms with Crippen molar-refractivity contribution in [3.05, 3.63) is 45.8 Å². The molecule has 0 saturated carbocycles. The Kier molecular flexibility index (Phi) is 8.22. The molecule has 0 fully saturated rings. The normalized spacial score (nSPS) is 11.9. The van der Waals surface area contributed by atoms with Crippen molar-refractivity contribution in [2.75, 3.05) is 39.0 Å². The van der Waals surface area contributed by atoms with Gasteiger partial charge in [0.1, 0.15) is 11.6 Å². The van der Waals surface area contributed by atoms with Crippen LogP contribution in [0.5, 0.6) is 11.5 Å². The van der Waals surface area contributed by atoms with E-state index in [0.29, 0.717) is 17.1 Å². The summed E-state index contributed by atoms with van der Waals surface area (Å²) in [5, 5.41) is 2.52. The number of benzene rings is 1. The van der Waals surface area contributed by atoms with Crippen LogP contribution >= 0.6 is 11.3 Å². The molecule has 0 bridgehead atoms. The van der Waals surface area contributed by atoms with E-state index in [1.54, 1.807) is 18.2 Å². The van der Waals surface area contributed by atoms with Gasteiger partial charge < -0.3 is 34.7 Å². The molecule has 0 spiro atoms. The number of methoxy groups -OCH3 is 1. The van der Waals surface area contributed by atoms with Gasteiger partial charge in [-0.15, -0.1) is 11.3 Å². The van der Waals surface area contributed by atoms with Crippen molar-refractivity contribution in [3.8, 4) is 11.5 Å². The molecule has 0 aliphatic carbocycles. The SMILES string of the molecule is COCCOC(=O)c1c(NC(=O)COC(=O)/C=C/c2ccc3c(c2)OCO3)sc(C(N)=O)c1C. The zero-order valence-electron chi connectivity index (χ0n) is 18.4. The molecule has 2 aromatic rings. The van der Waals surface area contributed by atoms with Crippen LogP contribution < -0.4 is 20.5 Å². The molecule has 0 radical (unpaired) electrons. The van der Waals surface area contributed by atoms with Crippen molar-refractivity contribution in [2.24, 2.45) is 5.73 Å². The highest BCUT2D eigenvalue weighted by Gasteiger charge is 2.26. The Morgan fingerprint density at radius 2 is 1.91 bits per heavy atom. The first-order valence-corrected chi connectivity index (χ1v) is 10.8. The topological polar surface area (TPSA) is 152 Å². The number of fused-ring (bicyclic) bond motifs is 1. The molecule has 0 unspecified atom stereocenters. The highest BCUT2D eigenvalue weighted by molar-refractivity contribution is 7.18. The molecule has 34 heavy (non-hydrogen) atoms. The number of anilines is 1. The number of ether oxygens (including phenoxy) is 5. The lowest BCUT2D eigenvalue weighted by Crippen LogP contribution is -2.21. The van der Waals surface area contributed by atoms with Crippen molar-refractivity contribution in [1.29, 1.82) is 0 Å². The summed E-state index contributed by atoms with van der Waals surface area (Å²) in [5.41, 5.74) is 6.30. The molecule has 12 heteroatoms. The zero-order chi connectivity index (χ0) is 24.7. The summed E-state index contributed by atoms with van der Waals surface area (Å²) in [6, 6.07) is 5.14. The van der Waals surface area contributed by atoms with Gasteiger partial charge in [-0.1, -0.05) is 6.07 Å². The van der Waals surface area contributed by atoms with Gasteiger partial charge in [-0.2, -0.15) is 0 Å². The first-order chi connectivity index (χ1) is 16.3. The zero-order valence-corrected chi connectivity index (χ0v) is 19.2. The lowest BCUT2D eigenvalue weighted by atomic mass is 10.1. The maximum atomic E-state index is 12.4. The van der Waals surface area contributed by atoms with Gasteiger partial charge in [0.05, 0.1) is 17.0 Å². The van der Waals surface area contributed by atoms with Crippen LogP contribution in [0.25, 0.3) is 6.08 Å². The highest BCUT2D eigenvalue weighted by Crippen LogP contribution is 2.34. The molecule has 11 nitrogen and oxygen atoms in total. The molecule has 1 aliphatic heterocycles. The molecular weight excluding hydrogens is 468 g/mol.